The highest BCUT2D eigenvalue weighted by molar-refractivity contribution is 5.67. The molecule has 1 amide bonds. The largest absolute Gasteiger partial charge is 0.444 e. The van der Waals surface area contributed by atoms with E-state index >= 15 is 0 Å². The zero-order chi connectivity index (χ0) is 15.7. The number of hydrogen-bond acceptors (Lipinski definition) is 3. The summed E-state index contributed by atoms with van der Waals surface area (Å²) < 4.78 is 7.29. The van der Waals surface area contributed by atoms with Gasteiger partial charge in [-0.25, -0.2) is 9.78 Å². The summed E-state index contributed by atoms with van der Waals surface area (Å²) in [5, 5.41) is 2.75. The normalized spacial score (nSPS) is 11.0. The third kappa shape index (κ3) is 7.40. The van der Waals surface area contributed by atoms with Crippen molar-refractivity contribution in [2.24, 2.45) is 0 Å². The zero-order valence-corrected chi connectivity index (χ0v) is 13.2. The van der Waals surface area contributed by atoms with E-state index in [1.165, 1.54) is 0 Å². The third-order valence-corrected chi connectivity index (χ3v) is 2.82. The summed E-state index contributed by atoms with van der Waals surface area (Å²) >= 11 is 0. The molecule has 0 aliphatic rings. The lowest BCUT2D eigenvalue weighted by Crippen LogP contribution is -2.33. The highest BCUT2D eigenvalue weighted by Gasteiger charge is 2.15. The molecule has 0 atom stereocenters. The van der Waals surface area contributed by atoms with E-state index in [9.17, 15) is 4.79 Å². The van der Waals surface area contributed by atoms with Crippen LogP contribution in [0.15, 0.2) is 12.5 Å². The SMILES string of the molecule is C#CCCCCn1cncc1CCNC(=O)OC(C)(C)C. The summed E-state index contributed by atoms with van der Waals surface area (Å²) in [4.78, 5) is 15.7. The smallest absolute Gasteiger partial charge is 0.407 e. The van der Waals surface area contributed by atoms with E-state index in [4.69, 9.17) is 11.2 Å². The van der Waals surface area contributed by atoms with E-state index < -0.39 is 5.60 Å². The van der Waals surface area contributed by atoms with Crippen LogP contribution in [0.25, 0.3) is 0 Å². The van der Waals surface area contributed by atoms with Gasteiger partial charge in [-0.15, -0.1) is 12.3 Å². The number of unbranched alkanes of at least 4 members (excludes halogenated alkanes) is 2. The lowest BCUT2D eigenvalue weighted by atomic mass is 10.2. The van der Waals surface area contributed by atoms with Crippen molar-refractivity contribution in [2.75, 3.05) is 6.54 Å². The van der Waals surface area contributed by atoms with Crippen molar-refractivity contribution >= 4 is 6.09 Å². The molecule has 0 fully saturated rings. The van der Waals surface area contributed by atoms with Crippen LogP contribution >= 0.6 is 0 Å². The Labute approximate surface area is 127 Å². The van der Waals surface area contributed by atoms with E-state index in [0.29, 0.717) is 6.54 Å². The number of aromatic nitrogens is 2. The molecule has 0 saturated heterocycles. The van der Waals surface area contributed by atoms with Crippen molar-refractivity contribution in [3.05, 3.63) is 18.2 Å². The zero-order valence-electron chi connectivity index (χ0n) is 13.2. The van der Waals surface area contributed by atoms with Crippen molar-refractivity contribution in [2.45, 2.75) is 58.6 Å². The van der Waals surface area contributed by atoms with Crippen LogP contribution in [0.4, 0.5) is 4.79 Å². The first-order chi connectivity index (χ1) is 9.92. The summed E-state index contributed by atoms with van der Waals surface area (Å²) in [7, 11) is 0. The minimum Gasteiger partial charge on any atom is -0.444 e. The number of amides is 1. The molecule has 0 bridgehead atoms. The van der Waals surface area contributed by atoms with Gasteiger partial charge in [-0.2, -0.15) is 0 Å². The van der Waals surface area contributed by atoms with Gasteiger partial charge in [0.05, 0.1) is 6.33 Å². The standard InChI is InChI=1S/C16H25N3O2/c1-5-6-7-8-11-19-13-17-12-14(19)9-10-18-15(20)21-16(2,3)4/h1,12-13H,6-11H2,2-4H3,(H,18,20). The van der Waals surface area contributed by atoms with E-state index in [1.54, 1.807) is 0 Å². The number of carbonyl (C=O) groups is 1. The van der Waals surface area contributed by atoms with Crippen molar-refractivity contribution in [1.29, 1.82) is 0 Å². The molecule has 0 radical (unpaired) electrons. The minimum absolute atomic E-state index is 0.386. The Balaban J connectivity index is 2.31. The van der Waals surface area contributed by atoms with Gasteiger partial charge in [-0.3, -0.25) is 0 Å². The summed E-state index contributed by atoms with van der Waals surface area (Å²) in [5.41, 5.74) is 0.634. The minimum atomic E-state index is -0.469. The predicted molar refractivity (Wildman–Crippen MR) is 82.9 cm³/mol. The number of imidazole rings is 1. The average molecular weight is 291 g/mol. The van der Waals surface area contributed by atoms with Crippen LogP contribution in [0.1, 0.15) is 45.7 Å². The van der Waals surface area contributed by atoms with Gasteiger partial charge in [-0.1, -0.05) is 0 Å². The van der Waals surface area contributed by atoms with Gasteiger partial charge in [0.25, 0.3) is 0 Å². The molecule has 0 aliphatic carbocycles. The lowest BCUT2D eigenvalue weighted by Gasteiger charge is -2.19. The fourth-order valence-corrected chi connectivity index (χ4v) is 1.87. The molecule has 0 saturated carbocycles. The molecule has 1 heterocycles. The molecule has 1 aromatic rings. The van der Waals surface area contributed by atoms with Gasteiger partial charge in [0.1, 0.15) is 5.60 Å². The summed E-state index contributed by atoms with van der Waals surface area (Å²) in [6.45, 7) is 6.97. The van der Waals surface area contributed by atoms with Crippen LogP contribution in [0, 0.1) is 12.3 Å². The molecule has 5 nitrogen and oxygen atoms in total. The first-order valence-electron chi connectivity index (χ1n) is 7.31. The Kier molecular flexibility index (Phi) is 6.80. The van der Waals surface area contributed by atoms with Crippen molar-refractivity contribution in [3.63, 3.8) is 0 Å². The van der Waals surface area contributed by atoms with E-state index in [2.05, 4.69) is 20.8 Å². The number of ether oxygens (including phenoxy) is 1. The van der Waals surface area contributed by atoms with Crippen LogP contribution in [-0.4, -0.2) is 27.8 Å². The second kappa shape index (κ2) is 8.35. The monoisotopic (exact) mass is 291 g/mol. The molecule has 1 rings (SSSR count). The number of terminal acetylenes is 1. The van der Waals surface area contributed by atoms with E-state index in [0.717, 1.165) is 37.9 Å². The molecular formula is C16H25N3O2. The van der Waals surface area contributed by atoms with Gasteiger partial charge in [-0.05, 0) is 33.6 Å². The van der Waals surface area contributed by atoms with Crippen LogP contribution in [0.3, 0.4) is 0 Å². The van der Waals surface area contributed by atoms with E-state index in [-0.39, 0.29) is 6.09 Å². The summed E-state index contributed by atoms with van der Waals surface area (Å²) in [5.74, 6) is 2.64. The molecule has 0 unspecified atom stereocenters. The molecule has 1 aromatic heterocycles. The predicted octanol–water partition coefficient (Wildman–Crippen LogP) is 2.75. The Morgan fingerprint density at radius 2 is 2.24 bits per heavy atom. The van der Waals surface area contributed by atoms with Gasteiger partial charge >= 0.3 is 6.09 Å². The summed E-state index contributed by atoms with van der Waals surface area (Å²) in [6.07, 6.45) is 12.1. The maximum absolute atomic E-state index is 11.5. The number of carbonyl (C=O) groups excluding carboxylic acids is 1. The molecule has 0 spiro atoms. The number of nitrogens with zero attached hydrogens (tertiary/aromatic N) is 2. The number of alkyl carbamates (subject to hydrolysis) is 1. The first-order valence-corrected chi connectivity index (χ1v) is 7.31. The fraction of sp³-hybridized carbons (Fsp3) is 0.625. The molecule has 0 aliphatic heterocycles. The average Bonchev–Trinajstić information content (AvgIpc) is 2.80. The van der Waals surface area contributed by atoms with Crippen LogP contribution in [0.5, 0.6) is 0 Å². The van der Waals surface area contributed by atoms with Gasteiger partial charge < -0.3 is 14.6 Å². The first kappa shape index (κ1) is 17.1. The summed E-state index contributed by atoms with van der Waals surface area (Å²) in [6, 6.07) is 0. The van der Waals surface area contributed by atoms with Crippen LogP contribution < -0.4 is 5.32 Å². The van der Waals surface area contributed by atoms with Gasteiger partial charge in [0, 0.05) is 37.8 Å². The Hall–Kier alpha value is -1.96. The van der Waals surface area contributed by atoms with Crippen molar-refractivity contribution in [3.8, 4) is 12.3 Å². The van der Waals surface area contributed by atoms with Crippen molar-refractivity contribution < 1.29 is 9.53 Å². The molecule has 21 heavy (non-hydrogen) atoms. The molecule has 116 valence electrons. The second-order valence-corrected chi connectivity index (χ2v) is 5.92. The van der Waals surface area contributed by atoms with Crippen LogP contribution in [-0.2, 0) is 17.7 Å². The molecule has 5 heteroatoms. The fourth-order valence-electron chi connectivity index (χ4n) is 1.87. The quantitative estimate of drug-likeness (QED) is 0.621. The van der Waals surface area contributed by atoms with E-state index in [1.807, 2.05) is 33.3 Å². The molecule has 0 aromatic carbocycles. The molecular weight excluding hydrogens is 266 g/mol. The highest BCUT2D eigenvalue weighted by atomic mass is 16.6. The Morgan fingerprint density at radius 3 is 2.90 bits per heavy atom. The number of nitrogens with one attached hydrogen (secondary N) is 1. The maximum Gasteiger partial charge on any atom is 0.407 e. The number of aryl methyl sites for hydroxylation is 1. The number of rotatable bonds is 7. The Bertz CT molecular complexity index is 480. The van der Waals surface area contributed by atoms with Gasteiger partial charge in [0.2, 0.25) is 0 Å². The maximum atomic E-state index is 11.5. The lowest BCUT2D eigenvalue weighted by molar-refractivity contribution is 0.0528. The third-order valence-electron chi connectivity index (χ3n) is 2.82. The highest BCUT2D eigenvalue weighted by Crippen LogP contribution is 2.07. The van der Waals surface area contributed by atoms with Crippen molar-refractivity contribution in [1.82, 2.24) is 14.9 Å². The topological polar surface area (TPSA) is 56.2 Å². The van der Waals surface area contributed by atoms with Gasteiger partial charge in [0.15, 0.2) is 0 Å². The number of hydrogen-bond donors (Lipinski definition) is 1. The molecule has 1 N–H and O–H groups in total. The second-order valence-electron chi connectivity index (χ2n) is 5.92. The Morgan fingerprint density at radius 1 is 1.48 bits per heavy atom. The van der Waals surface area contributed by atoms with Crippen LogP contribution in [0.2, 0.25) is 0 Å².